The molecule has 7 heteroatoms. The predicted molar refractivity (Wildman–Crippen MR) is 96.3 cm³/mol. The van der Waals surface area contributed by atoms with Crippen molar-refractivity contribution < 1.29 is 14.3 Å². The van der Waals surface area contributed by atoms with Gasteiger partial charge in [0.1, 0.15) is 6.26 Å². The Balaban J connectivity index is 1.77. The lowest BCUT2D eigenvalue weighted by atomic mass is 10.1. The second-order valence-electron chi connectivity index (χ2n) is 7.71. The van der Waals surface area contributed by atoms with Gasteiger partial charge in [0.15, 0.2) is 5.69 Å². The van der Waals surface area contributed by atoms with E-state index in [0.29, 0.717) is 37.1 Å². The van der Waals surface area contributed by atoms with Gasteiger partial charge in [-0.05, 0) is 19.8 Å². The van der Waals surface area contributed by atoms with Crippen LogP contribution in [-0.4, -0.2) is 70.7 Å². The van der Waals surface area contributed by atoms with Gasteiger partial charge in [0.2, 0.25) is 5.89 Å². The molecule has 1 saturated heterocycles. The van der Waals surface area contributed by atoms with Crippen LogP contribution in [-0.2, 0) is 6.54 Å². The van der Waals surface area contributed by atoms with Gasteiger partial charge >= 0.3 is 0 Å². The molecule has 2 rings (SSSR count). The summed E-state index contributed by atoms with van der Waals surface area (Å²) in [6, 6.07) is 0. The smallest absolute Gasteiger partial charge is 0.273 e. The van der Waals surface area contributed by atoms with Crippen molar-refractivity contribution >= 4 is 5.91 Å². The third-order valence-electron chi connectivity index (χ3n) is 4.53. The second kappa shape index (κ2) is 8.78. The normalized spacial score (nSPS) is 18.3. The van der Waals surface area contributed by atoms with Crippen molar-refractivity contribution in [1.29, 1.82) is 0 Å². The number of hydrogen-bond donors (Lipinski definition) is 2. The molecule has 2 N–H and O–H groups in total. The molecule has 7 nitrogen and oxygen atoms in total. The SMILES string of the molecule is CCC(C)CNC(=O)c1coc(CN2CCN(CC(C)(C)O)CC2)n1. The van der Waals surface area contributed by atoms with Crippen LogP contribution in [0.3, 0.4) is 0 Å². The molecule has 1 amide bonds. The molecule has 0 saturated carbocycles. The topological polar surface area (TPSA) is 81.8 Å². The lowest BCUT2D eigenvalue weighted by Gasteiger charge is -2.36. The number of nitrogens with zero attached hydrogens (tertiary/aromatic N) is 3. The Hall–Kier alpha value is -1.44. The van der Waals surface area contributed by atoms with Gasteiger partial charge in [0, 0.05) is 39.3 Å². The first-order valence-electron chi connectivity index (χ1n) is 9.16. The van der Waals surface area contributed by atoms with E-state index in [2.05, 4.69) is 33.9 Å². The molecule has 2 heterocycles. The number of β-amino-alcohol motifs (C(OH)–C–C–N with tert-alkyl or cyclic N) is 1. The highest BCUT2D eigenvalue weighted by atomic mass is 16.3. The third kappa shape index (κ3) is 6.76. The summed E-state index contributed by atoms with van der Waals surface area (Å²) in [7, 11) is 0. The van der Waals surface area contributed by atoms with Crippen molar-refractivity contribution in [3.8, 4) is 0 Å². The van der Waals surface area contributed by atoms with Crippen LogP contribution in [0, 0.1) is 5.92 Å². The number of aliphatic hydroxyl groups is 1. The molecule has 25 heavy (non-hydrogen) atoms. The van der Waals surface area contributed by atoms with Gasteiger partial charge in [-0.1, -0.05) is 20.3 Å². The molecule has 0 bridgehead atoms. The number of rotatable bonds is 8. The first-order valence-corrected chi connectivity index (χ1v) is 9.16. The Morgan fingerprint density at radius 2 is 2.00 bits per heavy atom. The molecule has 0 aromatic carbocycles. The second-order valence-corrected chi connectivity index (χ2v) is 7.71. The zero-order valence-corrected chi connectivity index (χ0v) is 15.9. The average molecular weight is 352 g/mol. The summed E-state index contributed by atoms with van der Waals surface area (Å²) < 4.78 is 5.46. The van der Waals surface area contributed by atoms with Crippen LogP contribution >= 0.6 is 0 Å². The highest BCUT2D eigenvalue weighted by Gasteiger charge is 2.23. The quantitative estimate of drug-likeness (QED) is 0.735. The summed E-state index contributed by atoms with van der Waals surface area (Å²) in [6.07, 6.45) is 2.47. The van der Waals surface area contributed by atoms with Crippen LogP contribution in [0.2, 0.25) is 0 Å². The summed E-state index contributed by atoms with van der Waals surface area (Å²) >= 11 is 0. The predicted octanol–water partition coefficient (Wildman–Crippen LogP) is 1.34. The number of amides is 1. The molecule has 1 fully saturated rings. The largest absolute Gasteiger partial charge is 0.447 e. The first kappa shape index (κ1) is 19.9. The van der Waals surface area contributed by atoms with Crippen LogP contribution in [0.25, 0.3) is 0 Å². The van der Waals surface area contributed by atoms with Gasteiger partial charge in [-0.3, -0.25) is 14.6 Å². The highest BCUT2D eigenvalue weighted by molar-refractivity contribution is 5.91. The van der Waals surface area contributed by atoms with Gasteiger partial charge < -0.3 is 14.8 Å². The maximum absolute atomic E-state index is 12.1. The molecular formula is C18H32N4O3. The molecule has 1 aliphatic heterocycles. The lowest BCUT2D eigenvalue weighted by Crippen LogP contribution is -2.50. The number of aromatic nitrogens is 1. The zero-order chi connectivity index (χ0) is 18.4. The lowest BCUT2D eigenvalue weighted by molar-refractivity contribution is 0.0156. The minimum atomic E-state index is -0.664. The van der Waals surface area contributed by atoms with E-state index in [9.17, 15) is 9.90 Å². The van der Waals surface area contributed by atoms with Crippen molar-refractivity contribution in [1.82, 2.24) is 20.1 Å². The van der Waals surface area contributed by atoms with Crippen LogP contribution in [0.4, 0.5) is 0 Å². The minimum absolute atomic E-state index is 0.176. The third-order valence-corrected chi connectivity index (χ3v) is 4.53. The Bertz CT molecular complexity index is 545. The van der Waals surface area contributed by atoms with Crippen molar-refractivity contribution in [2.45, 2.75) is 46.3 Å². The number of piperazine rings is 1. The van der Waals surface area contributed by atoms with Gasteiger partial charge in [0.05, 0.1) is 12.1 Å². The fraction of sp³-hybridized carbons (Fsp3) is 0.778. The molecule has 0 radical (unpaired) electrons. The van der Waals surface area contributed by atoms with E-state index in [1.807, 2.05) is 13.8 Å². The average Bonchev–Trinajstić information content (AvgIpc) is 3.01. The molecule has 142 valence electrons. The van der Waals surface area contributed by atoms with E-state index in [4.69, 9.17) is 4.42 Å². The Labute approximate surface area is 150 Å². The standard InChI is InChI=1S/C18H32N4O3/c1-5-14(2)10-19-17(23)15-12-25-16(20-15)11-21-6-8-22(9-7-21)13-18(3,4)24/h12,14,24H,5-11,13H2,1-4H3,(H,19,23). The van der Waals surface area contributed by atoms with E-state index < -0.39 is 5.60 Å². The maximum atomic E-state index is 12.1. The maximum Gasteiger partial charge on any atom is 0.273 e. The Kier molecular flexibility index (Phi) is 6.98. The van der Waals surface area contributed by atoms with Gasteiger partial charge in [-0.2, -0.15) is 0 Å². The van der Waals surface area contributed by atoms with Crippen molar-refractivity contribution in [3.63, 3.8) is 0 Å². The molecule has 1 unspecified atom stereocenters. The fourth-order valence-electron chi connectivity index (χ4n) is 2.83. The van der Waals surface area contributed by atoms with Crippen molar-refractivity contribution in [3.05, 3.63) is 17.8 Å². The Morgan fingerprint density at radius 3 is 2.60 bits per heavy atom. The fourth-order valence-corrected chi connectivity index (χ4v) is 2.83. The summed E-state index contributed by atoms with van der Waals surface area (Å²) in [6.45, 7) is 13.4. The summed E-state index contributed by atoms with van der Waals surface area (Å²) in [4.78, 5) is 20.9. The van der Waals surface area contributed by atoms with Gasteiger partial charge in [-0.15, -0.1) is 0 Å². The number of nitrogens with one attached hydrogen (secondary N) is 1. The van der Waals surface area contributed by atoms with Crippen LogP contribution in [0.5, 0.6) is 0 Å². The summed E-state index contributed by atoms with van der Waals surface area (Å²) in [5.41, 5.74) is -0.318. The van der Waals surface area contributed by atoms with E-state index in [0.717, 1.165) is 32.6 Å². The summed E-state index contributed by atoms with van der Waals surface area (Å²) in [5.74, 6) is 0.852. The molecule has 1 atom stereocenters. The van der Waals surface area contributed by atoms with E-state index >= 15 is 0 Å². The first-order chi connectivity index (χ1) is 11.8. The molecule has 1 aliphatic rings. The number of hydrogen-bond acceptors (Lipinski definition) is 6. The van der Waals surface area contributed by atoms with Crippen LogP contribution < -0.4 is 5.32 Å². The number of carbonyl (C=O) groups is 1. The van der Waals surface area contributed by atoms with E-state index in [-0.39, 0.29) is 5.91 Å². The van der Waals surface area contributed by atoms with Crippen molar-refractivity contribution in [2.24, 2.45) is 5.92 Å². The van der Waals surface area contributed by atoms with E-state index in [1.54, 1.807) is 0 Å². The highest BCUT2D eigenvalue weighted by Crippen LogP contribution is 2.12. The van der Waals surface area contributed by atoms with Gasteiger partial charge in [0.25, 0.3) is 5.91 Å². The molecule has 1 aromatic rings. The van der Waals surface area contributed by atoms with Crippen LogP contribution in [0.1, 0.15) is 50.5 Å². The Morgan fingerprint density at radius 1 is 1.36 bits per heavy atom. The number of carbonyl (C=O) groups excluding carboxylic acids is 1. The van der Waals surface area contributed by atoms with Crippen LogP contribution in [0.15, 0.2) is 10.7 Å². The molecule has 0 aliphatic carbocycles. The van der Waals surface area contributed by atoms with Gasteiger partial charge in [-0.25, -0.2) is 4.98 Å². The van der Waals surface area contributed by atoms with Crippen molar-refractivity contribution in [2.75, 3.05) is 39.3 Å². The zero-order valence-electron chi connectivity index (χ0n) is 15.9. The minimum Gasteiger partial charge on any atom is -0.447 e. The summed E-state index contributed by atoms with van der Waals surface area (Å²) in [5, 5.41) is 12.8. The number of oxazole rings is 1. The van der Waals surface area contributed by atoms with E-state index in [1.165, 1.54) is 6.26 Å². The molecular weight excluding hydrogens is 320 g/mol. The molecule has 0 spiro atoms. The monoisotopic (exact) mass is 352 g/mol. The molecule has 1 aromatic heterocycles.